The van der Waals surface area contributed by atoms with Gasteiger partial charge in [0, 0.05) is 35.5 Å². The number of rotatable bonds is 4. The van der Waals surface area contributed by atoms with E-state index in [1.807, 2.05) is 37.3 Å². The Labute approximate surface area is 176 Å². The van der Waals surface area contributed by atoms with Crippen LogP contribution in [0.5, 0.6) is 5.75 Å². The second kappa shape index (κ2) is 8.22. The van der Waals surface area contributed by atoms with Crippen LogP contribution < -0.4 is 10.1 Å². The van der Waals surface area contributed by atoms with Crippen LogP contribution in [-0.4, -0.2) is 29.5 Å². The van der Waals surface area contributed by atoms with Crippen LogP contribution in [0.3, 0.4) is 0 Å². The molecule has 0 radical (unpaired) electrons. The van der Waals surface area contributed by atoms with E-state index >= 15 is 0 Å². The van der Waals surface area contributed by atoms with Gasteiger partial charge >= 0.3 is 0 Å². The summed E-state index contributed by atoms with van der Waals surface area (Å²) in [4.78, 5) is 35.4. The van der Waals surface area contributed by atoms with Gasteiger partial charge in [0.2, 0.25) is 0 Å². The number of ketones is 1. The second-order valence-corrected chi connectivity index (χ2v) is 7.98. The number of anilines is 1. The molecule has 1 aromatic heterocycles. The van der Waals surface area contributed by atoms with Gasteiger partial charge in [-0.15, -0.1) is 0 Å². The summed E-state index contributed by atoms with van der Waals surface area (Å²) in [6.45, 7) is 3.91. The number of aliphatic imine (C=N–C) groups is 1. The van der Waals surface area contributed by atoms with Gasteiger partial charge < -0.3 is 10.1 Å². The maximum atomic E-state index is 13.3. The molecular formula is C24H25N3O3. The number of carbonyl (C=O) groups excluding carboxylic acids is 2. The van der Waals surface area contributed by atoms with Crippen LogP contribution in [0.25, 0.3) is 0 Å². The van der Waals surface area contributed by atoms with E-state index in [4.69, 9.17) is 9.73 Å². The lowest BCUT2D eigenvalue weighted by Gasteiger charge is -2.37. The van der Waals surface area contributed by atoms with E-state index in [2.05, 4.69) is 17.2 Å². The van der Waals surface area contributed by atoms with Gasteiger partial charge in [0.1, 0.15) is 17.4 Å². The predicted molar refractivity (Wildman–Crippen MR) is 116 cm³/mol. The fraction of sp³-hybridized carbons (Fsp3) is 0.333. The van der Waals surface area contributed by atoms with Gasteiger partial charge in [-0.05, 0) is 49.1 Å². The molecule has 1 aliphatic carbocycles. The van der Waals surface area contributed by atoms with Crippen molar-refractivity contribution in [3.8, 4) is 5.75 Å². The standard InChI is InChI=1S/C24H25N3O3/c1-14-11-18-23(19(28)12-14)22(16-7-6-8-17(13-16)30-3)21(15(2)26-18)24(29)27-20-9-4-5-10-25-20/h4-10,13-14,22-23H,11-12H2,1-3H3,(H,25,27,29)/t14-,22-,23?/m1/s1. The van der Waals surface area contributed by atoms with Gasteiger partial charge in [-0.2, -0.15) is 0 Å². The molecule has 1 aromatic carbocycles. The molecule has 0 saturated heterocycles. The topological polar surface area (TPSA) is 80.7 Å². The highest BCUT2D eigenvalue weighted by Crippen LogP contribution is 2.44. The first-order valence-electron chi connectivity index (χ1n) is 10.1. The lowest BCUT2D eigenvalue weighted by atomic mass is 9.67. The Hall–Kier alpha value is -3.28. The number of ether oxygens (including phenoxy) is 1. The summed E-state index contributed by atoms with van der Waals surface area (Å²) in [5.74, 6) is 0.429. The molecule has 1 saturated carbocycles. The number of nitrogens with one attached hydrogen (secondary N) is 1. The van der Waals surface area contributed by atoms with Crippen LogP contribution >= 0.6 is 0 Å². The molecule has 0 spiro atoms. The molecule has 2 heterocycles. The molecule has 154 valence electrons. The van der Waals surface area contributed by atoms with Gasteiger partial charge in [0.15, 0.2) is 0 Å². The van der Waals surface area contributed by atoms with Gasteiger partial charge in [0.05, 0.1) is 13.0 Å². The number of methoxy groups -OCH3 is 1. The Morgan fingerprint density at radius 1 is 1.13 bits per heavy atom. The molecule has 6 heteroatoms. The molecule has 3 atom stereocenters. The summed E-state index contributed by atoms with van der Waals surface area (Å²) in [6, 6.07) is 12.9. The van der Waals surface area contributed by atoms with Crippen molar-refractivity contribution in [2.75, 3.05) is 12.4 Å². The third-order valence-corrected chi connectivity index (χ3v) is 5.76. The number of hydrogen-bond donors (Lipinski definition) is 1. The van der Waals surface area contributed by atoms with Crippen molar-refractivity contribution in [2.24, 2.45) is 16.8 Å². The van der Waals surface area contributed by atoms with Crippen LogP contribution in [0, 0.1) is 11.8 Å². The van der Waals surface area contributed by atoms with E-state index in [0.29, 0.717) is 29.3 Å². The number of allylic oxidation sites excluding steroid dienone is 1. The molecule has 1 unspecified atom stereocenters. The zero-order valence-corrected chi connectivity index (χ0v) is 17.4. The number of pyridine rings is 1. The number of amides is 1. The van der Waals surface area contributed by atoms with Gasteiger partial charge in [0.25, 0.3) is 5.91 Å². The van der Waals surface area contributed by atoms with Crippen molar-refractivity contribution in [1.82, 2.24) is 4.98 Å². The van der Waals surface area contributed by atoms with E-state index in [-0.39, 0.29) is 17.6 Å². The Balaban J connectivity index is 1.81. The van der Waals surface area contributed by atoms with E-state index < -0.39 is 11.8 Å². The summed E-state index contributed by atoms with van der Waals surface area (Å²) in [7, 11) is 1.61. The molecule has 1 amide bonds. The van der Waals surface area contributed by atoms with E-state index in [9.17, 15) is 9.59 Å². The normalized spacial score (nSPS) is 23.5. The second-order valence-electron chi connectivity index (χ2n) is 7.98. The number of nitrogens with zero attached hydrogens (tertiary/aromatic N) is 2. The fourth-order valence-electron chi connectivity index (χ4n) is 4.49. The summed E-state index contributed by atoms with van der Waals surface area (Å²) >= 11 is 0. The number of carbonyl (C=O) groups is 2. The fourth-order valence-corrected chi connectivity index (χ4v) is 4.49. The van der Waals surface area contributed by atoms with Crippen molar-refractivity contribution in [3.63, 3.8) is 0 Å². The molecule has 2 aliphatic rings. The largest absolute Gasteiger partial charge is 0.497 e. The van der Waals surface area contributed by atoms with Gasteiger partial charge in [-0.25, -0.2) is 4.98 Å². The molecule has 1 fully saturated rings. The summed E-state index contributed by atoms with van der Waals surface area (Å²) in [5, 5.41) is 2.87. The summed E-state index contributed by atoms with van der Waals surface area (Å²) in [6.07, 6.45) is 2.89. The third-order valence-electron chi connectivity index (χ3n) is 5.76. The molecule has 1 N–H and O–H groups in total. The maximum Gasteiger partial charge on any atom is 0.255 e. The lowest BCUT2D eigenvalue weighted by Crippen LogP contribution is -2.41. The molecule has 0 bridgehead atoms. The number of fused-ring (bicyclic) bond motifs is 1. The molecule has 4 rings (SSSR count). The van der Waals surface area contributed by atoms with Gasteiger partial charge in [-0.1, -0.05) is 25.1 Å². The molecular weight excluding hydrogens is 378 g/mol. The Morgan fingerprint density at radius 2 is 1.97 bits per heavy atom. The van der Waals surface area contributed by atoms with Crippen molar-refractivity contribution >= 4 is 23.2 Å². The highest BCUT2D eigenvalue weighted by molar-refractivity contribution is 6.14. The zero-order valence-electron chi connectivity index (χ0n) is 17.4. The number of aromatic nitrogens is 1. The first-order valence-corrected chi connectivity index (χ1v) is 10.1. The van der Waals surface area contributed by atoms with E-state index in [1.165, 1.54) is 0 Å². The molecule has 2 aromatic rings. The summed E-state index contributed by atoms with van der Waals surface area (Å²) in [5.41, 5.74) is 2.90. The van der Waals surface area contributed by atoms with Crippen LogP contribution in [0.1, 0.15) is 38.2 Å². The Bertz CT molecular complexity index is 1040. The lowest BCUT2D eigenvalue weighted by molar-refractivity contribution is -0.123. The average Bonchev–Trinajstić information content (AvgIpc) is 2.73. The Kier molecular flexibility index (Phi) is 5.48. The molecule has 6 nitrogen and oxygen atoms in total. The van der Waals surface area contributed by atoms with E-state index in [0.717, 1.165) is 17.7 Å². The van der Waals surface area contributed by atoms with Crippen molar-refractivity contribution < 1.29 is 14.3 Å². The first kappa shape index (κ1) is 20.0. The quantitative estimate of drug-likeness (QED) is 0.831. The SMILES string of the molecule is COc1cccc([C@@H]2C(C(=O)Nc3ccccn3)=C(C)N=C3C[C@@H](C)CC(=O)C32)c1. The average molecular weight is 403 g/mol. The van der Waals surface area contributed by atoms with Crippen molar-refractivity contribution in [3.05, 3.63) is 65.5 Å². The number of benzene rings is 1. The van der Waals surface area contributed by atoms with Crippen LogP contribution in [0.4, 0.5) is 5.82 Å². The Morgan fingerprint density at radius 3 is 2.70 bits per heavy atom. The van der Waals surface area contributed by atoms with Crippen molar-refractivity contribution in [1.29, 1.82) is 0 Å². The molecule has 1 aliphatic heterocycles. The minimum Gasteiger partial charge on any atom is -0.497 e. The van der Waals surface area contributed by atoms with Crippen LogP contribution in [0.15, 0.2) is 64.9 Å². The highest BCUT2D eigenvalue weighted by Gasteiger charge is 2.44. The monoisotopic (exact) mass is 403 g/mol. The smallest absolute Gasteiger partial charge is 0.255 e. The third kappa shape index (κ3) is 3.77. The van der Waals surface area contributed by atoms with Crippen LogP contribution in [-0.2, 0) is 9.59 Å². The summed E-state index contributed by atoms with van der Waals surface area (Å²) < 4.78 is 5.40. The maximum absolute atomic E-state index is 13.3. The minimum absolute atomic E-state index is 0.135. The van der Waals surface area contributed by atoms with Gasteiger partial charge in [-0.3, -0.25) is 14.6 Å². The highest BCUT2D eigenvalue weighted by atomic mass is 16.5. The molecule has 30 heavy (non-hydrogen) atoms. The van der Waals surface area contributed by atoms with E-state index in [1.54, 1.807) is 25.4 Å². The first-order chi connectivity index (χ1) is 14.5. The number of Topliss-reactive ketones (excluding diaryl/α,β-unsaturated/α-hetero) is 1. The number of hydrogen-bond acceptors (Lipinski definition) is 5. The van der Waals surface area contributed by atoms with Crippen LogP contribution in [0.2, 0.25) is 0 Å². The predicted octanol–water partition coefficient (Wildman–Crippen LogP) is 4.16. The minimum atomic E-state index is -0.429. The van der Waals surface area contributed by atoms with Crippen molar-refractivity contribution in [2.45, 2.75) is 32.6 Å². The zero-order chi connectivity index (χ0) is 21.3.